The summed E-state index contributed by atoms with van der Waals surface area (Å²) < 4.78 is 16.8. The van der Waals surface area contributed by atoms with Crippen LogP contribution in [0.15, 0.2) is 46.9 Å². The zero-order chi connectivity index (χ0) is 18.2. The van der Waals surface area contributed by atoms with Gasteiger partial charge in [0, 0.05) is 19.6 Å². The van der Waals surface area contributed by atoms with Crippen molar-refractivity contribution >= 4 is 5.91 Å². The maximum absolute atomic E-state index is 12.2. The molecule has 1 aliphatic heterocycles. The number of nitrogens with zero attached hydrogens (tertiary/aromatic N) is 1. The normalized spacial score (nSPS) is 16.2. The van der Waals surface area contributed by atoms with E-state index in [4.69, 9.17) is 13.9 Å². The molecule has 0 unspecified atom stereocenters. The van der Waals surface area contributed by atoms with Crippen LogP contribution in [0.25, 0.3) is 0 Å². The number of hydrogen-bond acceptors (Lipinski definition) is 5. The maximum Gasteiger partial charge on any atom is 0.223 e. The average Bonchev–Trinajstić information content (AvgIpc) is 3.10. The van der Waals surface area contributed by atoms with Crippen molar-refractivity contribution in [3.8, 4) is 5.75 Å². The van der Waals surface area contributed by atoms with Crippen molar-refractivity contribution in [1.82, 2.24) is 10.2 Å². The minimum absolute atomic E-state index is 0.0200. The fraction of sp³-hybridized carbons (Fsp3) is 0.450. The third-order valence-electron chi connectivity index (χ3n) is 4.41. The molecule has 2 heterocycles. The molecule has 0 radical (unpaired) electrons. The lowest BCUT2D eigenvalue weighted by Crippen LogP contribution is -2.43. The fourth-order valence-corrected chi connectivity index (χ4v) is 3.01. The van der Waals surface area contributed by atoms with Crippen LogP contribution in [0, 0.1) is 6.92 Å². The van der Waals surface area contributed by atoms with Gasteiger partial charge in [0.15, 0.2) is 0 Å². The molecule has 0 spiro atoms. The smallest absolute Gasteiger partial charge is 0.223 e. The highest BCUT2D eigenvalue weighted by Crippen LogP contribution is 2.23. The minimum atomic E-state index is -0.0255. The summed E-state index contributed by atoms with van der Waals surface area (Å²) in [5, 5.41) is 3.01. The van der Waals surface area contributed by atoms with Crippen molar-refractivity contribution in [1.29, 1.82) is 0 Å². The Morgan fingerprint density at radius 1 is 1.19 bits per heavy atom. The summed E-state index contributed by atoms with van der Waals surface area (Å²) in [6, 6.07) is 13.5. The summed E-state index contributed by atoms with van der Waals surface area (Å²) in [6.45, 7) is 5.87. The van der Waals surface area contributed by atoms with E-state index in [2.05, 4.69) is 10.2 Å². The van der Waals surface area contributed by atoms with E-state index in [-0.39, 0.29) is 11.9 Å². The van der Waals surface area contributed by atoms with Crippen LogP contribution in [0.1, 0.15) is 24.0 Å². The molecule has 3 rings (SSSR count). The van der Waals surface area contributed by atoms with Gasteiger partial charge >= 0.3 is 0 Å². The first-order chi connectivity index (χ1) is 12.7. The Labute approximate surface area is 154 Å². The van der Waals surface area contributed by atoms with Gasteiger partial charge in [-0.15, -0.1) is 0 Å². The van der Waals surface area contributed by atoms with Gasteiger partial charge < -0.3 is 19.2 Å². The largest absolute Gasteiger partial charge is 0.493 e. The third-order valence-corrected chi connectivity index (χ3v) is 4.41. The van der Waals surface area contributed by atoms with E-state index in [1.165, 1.54) is 0 Å². The summed E-state index contributed by atoms with van der Waals surface area (Å²) in [7, 11) is 0. The average molecular weight is 358 g/mol. The molecule has 140 valence electrons. The first-order valence-electron chi connectivity index (χ1n) is 9.05. The Bertz CT molecular complexity index is 680. The van der Waals surface area contributed by atoms with Crippen LogP contribution in [-0.2, 0) is 9.53 Å². The van der Waals surface area contributed by atoms with Crippen LogP contribution in [-0.4, -0.2) is 50.3 Å². The molecule has 0 saturated carbocycles. The van der Waals surface area contributed by atoms with Gasteiger partial charge in [0.25, 0.3) is 0 Å². The molecule has 1 aromatic carbocycles. The van der Waals surface area contributed by atoms with E-state index < -0.39 is 0 Å². The second-order valence-corrected chi connectivity index (χ2v) is 6.33. The lowest BCUT2D eigenvalue weighted by molar-refractivity contribution is -0.122. The molecule has 1 saturated heterocycles. The van der Waals surface area contributed by atoms with Gasteiger partial charge in [-0.05, 0) is 31.2 Å². The van der Waals surface area contributed by atoms with Gasteiger partial charge in [-0.2, -0.15) is 0 Å². The number of aryl methyl sites for hydroxylation is 1. The van der Waals surface area contributed by atoms with E-state index in [1.54, 1.807) is 0 Å². The number of morpholine rings is 1. The second-order valence-electron chi connectivity index (χ2n) is 6.33. The van der Waals surface area contributed by atoms with Gasteiger partial charge in [-0.3, -0.25) is 9.69 Å². The number of para-hydroxylation sites is 1. The number of amides is 1. The molecule has 0 bridgehead atoms. The standard InChI is InChI=1S/C20H26N2O4/c1-16-7-8-19(26-16)18(22-10-13-24-14-11-22)15-21-20(23)9-12-25-17-5-3-2-4-6-17/h2-8,18H,9-15H2,1H3,(H,21,23)/t18-/m0/s1. The van der Waals surface area contributed by atoms with Crippen molar-refractivity contribution < 1.29 is 18.7 Å². The molecular weight excluding hydrogens is 332 g/mol. The van der Waals surface area contributed by atoms with E-state index in [0.29, 0.717) is 32.8 Å². The molecule has 1 aliphatic rings. The van der Waals surface area contributed by atoms with Crippen molar-refractivity contribution in [3.63, 3.8) is 0 Å². The van der Waals surface area contributed by atoms with Crippen molar-refractivity contribution in [2.24, 2.45) is 0 Å². The van der Waals surface area contributed by atoms with Crippen molar-refractivity contribution in [2.75, 3.05) is 39.5 Å². The first-order valence-corrected chi connectivity index (χ1v) is 9.05. The van der Waals surface area contributed by atoms with Crippen LogP contribution in [0.4, 0.5) is 0 Å². The fourth-order valence-electron chi connectivity index (χ4n) is 3.01. The number of hydrogen-bond donors (Lipinski definition) is 1. The summed E-state index contributed by atoms with van der Waals surface area (Å²) in [5.74, 6) is 2.51. The Morgan fingerprint density at radius 3 is 2.65 bits per heavy atom. The summed E-state index contributed by atoms with van der Waals surface area (Å²) in [4.78, 5) is 14.5. The van der Waals surface area contributed by atoms with Gasteiger partial charge in [-0.1, -0.05) is 18.2 Å². The quantitative estimate of drug-likeness (QED) is 0.786. The number of rotatable bonds is 8. The highest BCUT2D eigenvalue weighted by Gasteiger charge is 2.25. The second kappa shape index (κ2) is 9.40. The Hall–Kier alpha value is -2.31. The summed E-state index contributed by atoms with van der Waals surface area (Å²) in [6.07, 6.45) is 0.321. The van der Waals surface area contributed by atoms with Gasteiger partial charge in [0.1, 0.15) is 17.3 Å². The van der Waals surface area contributed by atoms with Crippen molar-refractivity contribution in [2.45, 2.75) is 19.4 Å². The predicted octanol–water partition coefficient (Wildman–Crippen LogP) is 2.55. The molecule has 1 fully saturated rings. The zero-order valence-electron chi connectivity index (χ0n) is 15.1. The zero-order valence-corrected chi connectivity index (χ0v) is 15.1. The van der Waals surface area contributed by atoms with E-state index in [9.17, 15) is 4.79 Å². The monoisotopic (exact) mass is 358 g/mol. The van der Waals surface area contributed by atoms with Gasteiger partial charge in [-0.25, -0.2) is 0 Å². The molecule has 0 aliphatic carbocycles. The molecule has 1 aromatic heterocycles. The van der Waals surface area contributed by atoms with Crippen LogP contribution >= 0.6 is 0 Å². The molecule has 6 heteroatoms. The van der Waals surface area contributed by atoms with E-state index in [1.807, 2.05) is 49.4 Å². The lowest BCUT2D eigenvalue weighted by Gasteiger charge is -2.33. The Morgan fingerprint density at radius 2 is 1.96 bits per heavy atom. The van der Waals surface area contributed by atoms with Crippen molar-refractivity contribution in [3.05, 3.63) is 54.0 Å². The minimum Gasteiger partial charge on any atom is -0.493 e. The number of nitrogens with one attached hydrogen (secondary N) is 1. The predicted molar refractivity (Wildman–Crippen MR) is 98.1 cm³/mol. The highest BCUT2D eigenvalue weighted by molar-refractivity contribution is 5.76. The number of benzene rings is 1. The first kappa shape index (κ1) is 18.5. The lowest BCUT2D eigenvalue weighted by atomic mass is 10.1. The third kappa shape index (κ3) is 5.34. The molecular formula is C20H26N2O4. The SMILES string of the molecule is Cc1ccc([C@H](CNC(=O)CCOc2ccccc2)N2CCOCC2)o1. The number of carbonyl (C=O) groups excluding carboxylic acids is 1. The number of furan rings is 1. The van der Waals surface area contributed by atoms with Crippen LogP contribution < -0.4 is 10.1 Å². The van der Waals surface area contributed by atoms with Gasteiger partial charge in [0.2, 0.25) is 5.91 Å². The van der Waals surface area contributed by atoms with E-state index >= 15 is 0 Å². The molecule has 26 heavy (non-hydrogen) atoms. The topological polar surface area (TPSA) is 63.9 Å². The highest BCUT2D eigenvalue weighted by atomic mass is 16.5. The number of carbonyl (C=O) groups is 1. The van der Waals surface area contributed by atoms with E-state index in [0.717, 1.165) is 30.4 Å². The Balaban J connectivity index is 1.49. The Kier molecular flexibility index (Phi) is 6.68. The molecule has 1 N–H and O–H groups in total. The number of ether oxygens (including phenoxy) is 2. The molecule has 1 amide bonds. The summed E-state index contributed by atoms with van der Waals surface area (Å²) in [5.41, 5.74) is 0. The van der Waals surface area contributed by atoms with Crippen LogP contribution in [0.3, 0.4) is 0 Å². The molecule has 2 aromatic rings. The van der Waals surface area contributed by atoms with Crippen LogP contribution in [0.2, 0.25) is 0 Å². The van der Waals surface area contributed by atoms with Gasteiger partial charge in [0.05, 0.1) is 32.3 Å². The maximum atomic E-state index is 12.2. The van der Waals surface area contributed by atoms with Crippen LogP contribution in [0.5, 0.6) is 5.75 Å². The summed E-state index contributed by atoms with van der Waals surface area (Å²) >= 11 is 0. The molecule has 6 nitrogen and oxygen atoms in total. The molecule has 1 atom stereocenters.